The minimum atomic E-state index is 0.730. The van der Waals surface area contributed by atoms with Gasteiger partial charge in [-0.1, -0.05) is 0 Å². The van der Waals surface area contributed by atoms with Crippen molar-refractivity contribution in [3.63, 3.8) is 0 Å². The third-order valence-electron chi connectivity index (χ3n) is 3.53. The molecular formula is C12H30N6. The molecule has 0 amide bonds. The van der Waals surface area contributed by atoms with Crippen LogP contribution in [-0.2, 0) is 0 Å². The van der Waals surface area contributed by atoms with Crippen molar-refractivity contribution in [2.24, 2.45) is 17.2 Å². The molecule has 0 saturated carbocycles. The SMILES string of the molecule is NCCN1CCN(CCN)CCN(CCN)CC1. The van der Waals surface area contributed by atoms with E-state index in [0.717, 1.165) is 78.5 Å². The largest absolute Gasteiger partial charge is 0.329 e. The van der Waals surface area contributed by atoms with E-state index in [9.17, 15) is 0 Å². The predicted molar refractivity (Wildman–Crippen MR) is 76.5 cm³/mol. The smallest absolute Gasteiger partial charge is 0.0110 e. The molecule has 1 aliphatic rings. The molecule has 108 valence electrons. The Kier molecular flexibility index (Phi) is 8.49. The van der Waals surface area contributed by atoms with Crippen molar-refractivity contribution in [1.82, 2.24) is 14.7 Å². The summed E-state index contributed by atoms with van der Waals surface area (Å²) in [6, 6.07) is 0. The average molecular weight is 258 g/mol. The molecule has 1 aliphatic heterocycles. The minimum Gasteiger partial charge on any atom is -0.329 e. The Balaban J connectivity index is 2.50. The van der Waals surface area contributed by atoms with E-state index in [1.54, 1.807) is 0 Å². The molecule has 0 atom stereocenters. The number of hydrogen-bond acceptors (Lipinski definition) is 6. The van der Waals surface area contributed by atoms with Crippen LogP contribution in [0.4, 0.5) is 0 Å². The van der Waals surface area contributed by atoms with Crippen molar-refractivity contribution < 1.29 is 0 Å². The Hall–Kier alpha value is -0.240. The van der Waals surface area contributed by atoms with Gasteiger partial charge in [-0.15, -0.1) is 0 Å². The Bertz CT molecular complexity index is 156. The molecule has 18 heavy (non-hydrogen) atoms. The number of hydrogen-bond donors (Lipinski definition) is 3. The highest BCUT2D eigenvalue weighted by molar-refractivity contribution is 4.72. The van der Waals surface area contributed by atoms with Gasteiger partial charge in [-0.2, -0.15) is 0 Å². The topological polar surface area (TPSA) is 87.8 Å². The quantitative estimate of drug-likeness (QED) is 0.500. The van der Waals surface area contributed by atoms with Gasteiger partial charge in [0.05, 0.1) is 0 Å². The number of nitrogens with two attached hydrogens (primary N) is 3. The third kappa shape index (κ3) is 6.08. The highest BCUT2D eigenvalue weighted by atomic mass is 15.3. The molecular weight excluding hydrogens is 228 g/mol. The fourth-order valence-corrected chi connectivity index (χ4v) is 2.40. The van der Waals surface area contributed by atoms with Gasteiger partial charge in [0.25, 0.3) is 0 Å². The molecule has 0 aliphatic carbocycles. The zero-order chi connectivity index (χ0) is 13.2. The maximum absolute atomic E-state index is 5.67. The Morgan fingerprint density at radius 3 is 0.889 bits per heavy atom. The minimum absolute atomic E-state index is 0.730. The average Bonchev–Trinajstić information content (AvgIpc) is 2.45. The lowest BCUT2D eigenvalue weighted by Crippen LogP contribution is -2.39. The molecule has 0 aromatic carbocycles. The summed E-state index contributed by atoms with van der Waals surface area (Å²) in [4.78, 5) is 7.33. The van der Waals surface area contributed by atoms with E-state index in [0.29, 0.717) is 0 Å². The summed E-state index contributed by atoms with van der Waals surface area (Å²) < 4.78 is 0. The molecule has 0 radical (unpaired) electrons. The zero-order valence-corrected chi connectivity index (χ0v) is 11.6. The van der Waals surface area contributed by atoms with E-state index in [4.69, 9.17) is 17.2 Å². The van der Waals surface area contributed by atoms with Gasteiger partial charge in [0.15, 0.2) is 0 Å². The van der Waals surface area contributed by atoms with Crippen molar-refractivity contribution in [2.75, 3.05) is 78.5 Å². The molecule has 1 fully saturated rings. The van der Waals surface area contributed by atoms with Crippen LogP contribution in [0, 0.1) is 0 Å². The Morgan fingerprint density at radius 1 is 0.500 bits per heavy atom. The van der Waals surface area contributed by atoms with Gasteiger partial charge in [-0.3, -0.25) is 14.7 Å². The van der Waals surface area contributed by atoms with Gasteiger partial charge in [0.1, 0.15) is 0 Å². The fourth-order valence-electron chi connectivity index (χ4n) is 2.40. The standard InChI is InChI=1S/C12H30N6/c13-1-4-16-7-9-17(5-2-14)11-12-18(6-3-15)10-8-16/h1-15H2. The van der Waals surface area contributed by atoms with E-state index < -0.39 is 0 Å². The van der Waals surface area contributed by atoms with Crippen molar-refractivity contribution in [1.29, 1.82) is 0 Å². The predicted octanol–water partition coefficient (Wildman–Crippen LogP) is -2.22. The first-order valence-electron chi connectivity index (χ1n) is 7.07. The van der Waals surface area contributed by atoms with Crippen LogP contribution in [0.25, 0.3) is 0 Å². The van der Waals surface area contributed by atoms with Crippen molar-refractivity contribution in [3.8, 4) is 0 Å². The molecule has 0 unspecified atom stereocenters. The van der Waals surface area contributed by atoms with Gasteiger partial charge in [-0.25, -0.2) is 0 Å². The Morgan fingerprint density at radius 2 is 0.722 bits per heavy atom. The highest BCUT2D eigenvalue weighted by Gasteiger charge is 2.14. The van der Waals surface area contributed by atoms with Crippen LogP contribution in [0.1, 0.15) is 0 Å². The molecule has 0 aromatic heterocycles. The summed E-state index contributed by atoms with van der Waals surface area (Å²) in [5.41, 5.74) is 17.0. The summed E-state index contributed by atoms with van der Waals surface area (Å²) in [5, 5.41) is 0. The summed E-state index contributed by atoms with van der Waals surface area (Å²) in [7, 11) is 0. The van der Waals surface area contributed by atoms with E-state index in [-0.39, 0.29) is 0 Å². The highest BCUT2D eigenvalue weighted by Crippen LogP contribution is 1.99. The molecule has 6 heteroatoms. The summed E-state index contributed by atoms with van der Waals surface area (Å²) in [5.74, 6) is 0. The number of nitrogens with zero attached hydrogens (tertiary/aromatic N) is 3. The first kappa shape index (κ1) is 15.8. The van der Waals surface area contributed by atoms with Gasteiger partial charge in [0.2, 0.25) is 0 Å². The molecule has 0 aromatic rings. The lowest BCUT2D eigenvalue weighted by molar-refractivity contribution is 0.226. The van der Waals surface area contributed by atoms with E-state index in [2.05, 4.69) is 14.7 Å². The first-order chi connectivity index (χ1) is 8.80. The van der Waals surface area contributed by atoms with Crippen LogP contribution < -0.4 is 17.2 Å². The van der Waals surface area contributed by atoms with E-state index in [1.807, 2.05) is 0 Å². The van der Waals surface area contributed by atoms with Crippen LogP contribution in [0.2, 0.25) is 0 Å². The van der Waals surface area contributed by atoms with Crippen LogP contribution in [0.3, 0.4) is 0 Å². The van der Waals surface area contributed by atoms with Crippen molar-refractivity contribution >= 4 is 0 Å². The molecule has 0 spiro atoms. The fraction of sp³-hybridized carbons (Fsp3) is 1.00. The summed E-state index contributed by atoms with van der Waals surface area (Å²) in [6.45, 7) is 11.7. The first-order valence-corrected chi connectivity index (χ1v) is 7.07. The van der Waals surface area contributed by atoms with Crippen LogP contribution in [-0.4, -0.2) is 93.2 Å². The summed E-state index contributed by atoms with van der Waals surface area (Å²) in [6.07, 6.45) is 0. The van der Waals surface area contributed by atoms with Crippen LogP contribution in [0.15, 0.2) is 0 Å². The second kappa shape index (κ2) is 9.66. The number of rotatable bonds is 6. The molecule has 6 nitrogen and oxygen atoms in total. The second-order valence-corrected chi connectivity index (χ2v) is 4.89. The maximum Gasteiger partial charge on any atom is 0.0110 e. The molecule has 0 bridgehead atoms. The van der Waals surface area contributed by atoms with Gasteiger partial charge in [0, 0.05) is 78.5 Å². The zero-order valence-electron chi connectivity index (χ0n) is 11.6. The van der Waals surface area contributed by atoms with E-state index in [1.165, 1.54) is 0 Å². The molecule has 1 heterocycles. The Labute approximate surface area is 111 Å². The lowest BCUT2D eigenvalue weighted by Gasteiger charge is -2.24. The van der Waals surface area contributed by atoms with Crippen LogP contribution in [0.5, 0.6) is 0 Å². The van der Waals surface area contributed by atoms with Gasteiger partial charge in [-0.05, 0) is 0 Å². The lowest BCUT2D eigenvalue weighted by atomic mass is 10.4. The normalized spacial score (nSPS) is 21.5. The summed E-state index contributed by atoms with van der Waals surface area (Å²) >= 11 is 0. The van der Waals surface area contributed by atoms with Gasteiger partial charge < -0.3 is 17.2 Å². The van der Waals surface area contributed by atoms with Crippen LogP contribution >= 0.6 is 0 Å². The monoisotopic (exact) mass is 258 g/mol. The molecule has 1 saturated heterocycles. The van der Waals surface area contributed by atoms with E-state index >= 15 is 0 Å². The van der Waals surface area contributed by atoms with Crippen molar-refractivity contribution in [2.45, 2.75) is 0 Å². The van der Waals surface area contributed by atoms with Crippen molar-refractivity contribution in [3.05, 3.63) is 0 Å². The molecule has 1 rings (SSSR count). The van der Waals surface area contributed by atoms with Gasteiger partial charge >= 0.3 is 0 Å². The third-order valence-corrected chi connectivity index (χ3v) is 3.53. The molecule has 6 N–H and O–H groups in total. The maximum atomic E-state index is 5.67. The second-order valence-electron chi connectivity index (χ2n) is 4.89.